The van der Waals surface area contributed by atoms with Crippen molar-refractivity contribution < 1.29 is 33.3 Å². The number of nitrogens with zero attached hydrogens (tertiary/aromatic N) is 1. The lowest BCUT2D eigenvalue weighted by molar-refractivity contribution is 0.000164. The molecule has 182 valence electrons. The molecular formula is C24H29N3O7. The minimum Gasteiger partial charge on any atom is -0.491 e. The maximum absolute atomic E-state index is 12.5. The molecule has 0 radical (unpaired) electrons. The van der Waals surface area contributed by atoms with E-state index >= 15 is 0 Å². The van der Waals surface area contributed by atoms with E-state index in [1.807, 2.05) is 0 Å². The molecule has 0 bridgehead atoms. The van der Waals surface area contributed by atoms with Gasteiger partial charge in [0, 0.05) is 18.1 Å². The summed E-state index contributed by atoms with van der Waals surface area (Å²) in [4.78, 5) is 30.5. The first kappa shape index (κ1) is 25.3. The zero-order valence-corrected chi connectivity index (χ0v) is 19.1. The summed E-state index contributed by atoms with van der Waals surface area (Å²) in [5.41, 5.74) is 2.03. The van der Waals surface area contributed by atoms with E-state index in [9.17, 15) is 9.59 Å². The summed E-state index contributed by atoms with van der Waals surface area (Å²) in [5.74, 6) is 0.368. The van der Waals surface area contributed by atoms with Gasteiger partial charge in [-0.1, -0.05) is 0 Å². The van der Waals surface area contributed by atoms with Crippen molar-refractivity contribution in [3.63, 3.8) is 0 Å². The number of carbonyl (C=O) groups is 2. The van der Waals surface area contributed by atoms with Crippen molar-refractivity contribution in [3.8, 4) is 5.75 Å². The lowest BCUT2D eigenvalue weighted by Crippen LogP contribution is -2.14. The van der Waals surface area contributed by atoms with Crippen molar-refractivity contribution in [2.75, 3.05) is 65.3 Å². The van der Waals surface area contributed by atoms with Gasteiger partial charge in [-0.25, -0.2) is 4.98 Å². The number of anilines is 1. The van der Waals surface area contributed by atoms with Crippen molar-refractivity contribution in [1.82, 2.24) is 9.97 Å². The highest BCUT2D eigenvalue weighted by atomic mass is 16.6. The number of amides is 1. The second-order valence-corrected chi connectivity index (χ2v) is 7.16. The number of hydrogen-bond donors (Lipinski definition) is 2. The van der Waals surface area contributed by atoms with Crippen LogP contribution in [0.5, 0.6) is 5.75 Å². The Morgan fingerprint density at radius 2 is 1.59 bits per heavy atom. The highest BCUT2D eigenvalue weighted by Gasteiger charge is 2.09. The van der Waals surface area contributed by atoms with Gasteiger partial charge in [0.1, 0.15) is 18.0 Å². The van der Waals surface area contributed by atoms with Gasteiger partial charge in [-0.2, -0.15) is 0 Å². The van der Waals surface area contributed by atoms with Crippen molar-refractivity contribution in [1.29, 1.82) is 0 Å². The smallest absolute Gasteiger partial charge is 0.255 e. The number of rotatable bonds is 16. The molecule has 2 aromatic heterocycles. The van der Waals surface area contributed by atoms with Crippen LogP contribution in [-0.2, 0) is 18.9 Å². The van der Waals surface area contributed by atoms with E-state index in [0.29, 0.717) is 87.5 Å². The van der Waals surface area contributed by atoms with Crippen LogP contribution in [0.1, 0.15) is 20.8 Å². The summed E-state index contributed by atoms with van der Waals surface area (Å²) in [7, 11) is 1.63. The molecule has 1 aromatic carbocycles. The number of aldehydes is 1. The summed E-state index contributed by atoms with van der Waals surface area (Å²) >= 11 is 0. The van der Waals surface area contributed by atoms with E-state index in [2.05, 4.69) is 15.3 Å². The number of nitrogens with one attached hydrogen (secondary N) is 2. The highest BCUT2D eigenvalue weighted by molar-refractivity contribution is 6.05. The van der Waals surface area contributed by atoms with Crippen LogP contribution in [0.25, 0.3) is 11.0 Å². The average Bonchev–Trinajstić information content (AvgIpc) is 3.27. The molecule has 2 heterocycles. The van der Waals surface area contributed by atoms with Crippen LogP contribution >= 0.6 is 0 Å². The molecule has 10 heteroatoms. The fourth-order valence-corrected chi connectivity index (χ4v) is 2.98. The number of pyridine rings is 1. The minimum absolute atomic E-state index is 0.272. The van der Waals surface area contributed by atoms with Gasteiger partial charge in [0.15, 0.2) is 6.29 Å². The van der Waals surface area contributed by atoms with Crippen LogP contribution in [0.15, 0.2) is 42.6 Å². The molecule has 0 aliphatic rings. The van der Waals surface area contributed by atoms with Gasteiger partial charge in [-0.05, 0) is 36.4 Å². The zero-order chi connectivity index (χ0) is 24.0. The second-order valence-electron chi connectivity index (χ2n) is 7.16. The number of methoxy groups -OCH3 is 1. The standard InChI is InChI=1S/C24H29N3O7/c1-30-6-7-31-8-9-32-10-11-33-12-13-34-22-4-2-18(3-5-22)24(29)27-20-14-19-15-21(17-28)26-23(19)25-16-20/h2-5,14-17H,6-13H2,1H3,(H,25,26)(H,27,29). The third-order valence-corrected chi connectivity index (χ3v) is 4.66. The average molecular weight is 472 g/mol. The Morgan fingerprint density at radius 1 is 0.941 bits per heavy atom. The first-order valence-corrected chi connectivity index (χ1v) is 10.9. The zero-order valence-electron chi connectivity index (χ0n) is 19.1. The summed E-state index contributed by atoms with van der Waals surface area (Å²) in [6.07, 6.45) is 2.25. The number of hydrogen-bond acceptors (Lipinski definition) is 8. The fraction of sp³-hybridized carbons (Fsp3) is 0.375. The lowest BCUT2D eigenvalue weighted by atomic mass is 10.2. The Balaban J connectivity index is 1.31. The van der Waals surface area contributed by atoms with Gasteiger partial charge in [0.25, 0.3) is 5.91 Å². The van der Waals surface area contributed by atoms with Crippen LogP contribution in [0.4, 0.5) is 5.69 Å². The second kappa shape index (κ2) is 14.1. The third-order valence-electron chi connectivity index (χ3n) is 4.66. The number of aromatic amines is 1. The lowest BCUT2D eigenvalue weighted by Gasteiger charge is -2.09. The van der Waals surface area contributed by atoms with E-state index in [4.69, 9.17) is 23.7 Å². The minimum atomic E-state index is -0.272. The summed E-state index contributed by atoms with van der Waals surface area (Å²) in [6.45, 7) is 3.96. The van der Waals surface area contributed by atoms with Gasteiger partial charge in [-0.15, -0.1) is 0 Å². The summed E-state index contributed by atoms with van der Waals surface area (Å²) in [6, 6.07) is 10.2. The van der Waals surface area contributed by atoms with Crippen molar-refractivity contribution in [2.24, 2.45) is 0 Å². The van der Waals surface area contributed by atoms with E-state index in [1.165, 1.54) is 6.20 Å². The maximum Gasteiger partial charge on any atom is 0.255 e. The first-order valence-electron chi connectivity index (χ1n) is 10.9. The molecule has 34 heavy (non-hydrogen) atoms. The fourth-order valence-electron chi connectivity index (χ4n) is 2.98. The third kappa shape index (κ3) is 8.23. The predicted octanol–water partition coefficient (Wildman–Crippen LogP) is 2.70. The number of benzene rings is 1. The Labute approximate surface area is 197 Å². The number of carbonyl (C=O) groups excluding carboxylic acids is 2. The van der Waals surface area contributed by atoms with E-state index in [1.54, 1.807) is 43.5 Å². The molecule has 0 atom stereocenters. The quantitative estimate of drug-likeness (QED) is 0.242. The Morgan fingerprint density at radius 3 is 2.24 bits per heavy atom. The molecule has 0 aliphatic heterocycles. The molecule has 0 aliphatic carbocycles. The number of H-pyrrole nitrogens is 1. The molecule has 3 aromatic rings. The van der Waals surface area contributed by atoms with Crippen LogP contribution in [0.3, 0.4) is 0 Å². The van der Waals surface area contributed by atoms with Gasteiger partial charge >= 0.3 is 0 Å². The van der Waals surface area contributed by atoms with E-state index in [0.717, 1.165) is 5.39 Å². The number of aromatic nitrogens is 2. The molecule has 0 saturated carbocycles. The molecule has 1 amide bonds. The monoisotopic (exact) mass is 471 g/mol. The molecule has 0 saturated heterocycles. The summed E-state index contributed by atoms with van der Waals surface area (Å²) < 4.78 is 26.7. The van der Waals surface area contributed by atoms with Gasteiger partial charge in [-0.3, -0.25) is 9.59 Å². The number of ether oxygens (including phenoxy) is 5. The molecule has 0 fully saturated rings. The van der Waals surface area contributed by atoms with Crippen LogP contribution in [0, 0.1) is 0 Å². The normalized spacial score (nSPS) is 11.0. The van der Waals surface area contributed by atoms with Gasteiger partial charge in [0.05, 0.1) is 63.8 Å². The van der Waals surface area contributed by atoms with Crippen molar-refractivity contribution >= 4 is 28.9 Å². The molecule has 10 nitrogen and oxygen atoms in total. The Kier molecular flexibility index (Phi) is 10.5. The van der Waals surface area contributed by atoms with Crippen molar-refractivity contribution in [3.05, 3.63) is 53.9 Å². The topological polar surface area (TPSA) is 121 Å². The van der Waals surface area contributed by atoms with Gasteiger partial charge in [0.2, 0.25) is 0 Å². The first-order chi connectivity index (χ1) is 16.7. The largest absolute Gasteiger partial charge is 0.491 e. The van der Waals surface area contributed by atoms with Crippen LogP contribution in [0.2, 0.25) is 0 Å². The Bertz CT molecular complexity index is 1040. The van der Waals surface area contributed by atoms with Gasteiger partial charge < -0.3 is 34.0 Å². The van der Waals surface area contributed by atoms with Crippen LogP contribution in [-0.4, -0.2) is 82.1 Å². The molecular weight excluding hydrogens is 442 g/mol. The molecule has 2 N–H and O–H groups in total. The van der Waals surface area contributed by atoms with Crippen LogP contribution < -0.4 is 10.1 Å². The predicted molar refractivity (Wildman–Crippen MR) is 126 cm³/mol. The maximum atomic E-state index is 12.5. The van der Waals surface area contributed by atoms with E-state index < -0.39 is 0 Å². The molecule has 0 spiro atoms. The SMILES string of the molecule is COCCOCCOCCOCCOc1ccc(C(=O)Nc2cnc3[nH]c(C=O)cc3c2)cc1. The molecule has 0 unspecified atom stereocenters. The highest BCUT2D eigenvalue weighted by Crippen LogP contribution is 2.18. The number of fused-ring (bicyclic) bond motifs is 1. The van der Waals surface area contributed by atoms with Crippen molar-refractivity contribution in [2.45, 2.75) is 0 Å². The Hall–Kier alpha value is -3.31. The van der Waals surface area contributed by atoms with E-state index in [-0.39, 0.29) is 5.91 Å². The molecule has 3 rings (SSSR count). The summed E-state index contributed by atoms with van der Waals surface area (Å²) in [5, 5.41) is 3.54.